The molecular formula is C27H31NO2. The Morgan fingerprint density at radius 2 is 1.77 bits per heavy atom. The minimum atomic E-state index is -0.928. The molecule has 1 N–H and O–H groups in total. The van der Waals surface area contributed by atoms with Crippen molar-refractivity contribution in [2.45, 2.75) is 76.0 Å². The molecule has 0 aliphatic heterocycles. The fourth-order valence-corrected chi connectivity index (χ4v) is 5.95. The van der Waals surface area contributed by atoms with Crippen LogP contribution in [0.4, 0.5) is 0 Å². The Bertz CT molecular complexity index is 1060. The molecule has 0 spiro atoms. The second-order valence-corrected chi connectivity index (χ2v) is 10.9. The van der Waals surface area contributed by atoms with Crippen LogP contribution < -0.4 is 0 Å². The number of carboxylic acids is 1. The highest BCUT2D eigenvalue weighted by Gasteiger charge is 2.60. The van der Waals surface area contributed by atoms with Gasteiger partial charge in [-0.3, -0.25) is 4.98 Å². The third kappa shape index (κ3) is 2.93. The number of fused-ring (bicyclic) bond motifs is 2. The first-order valence-electron chi connectivity index (χ1n) is 11.2. The van der Waals surface area contributed by atoms with Crippen molar-refractivity contribution in [1.82, 2.24) is 4.98 Å². The Kier molecular flexibility index (Phi) is 4.10. The van der Waals surface area contributed by atoms with Crippen molar-refractivity contribution in [3.8, 4) is 0 Å². The van der Waals surface area contributed by atoms with E-state index in [4.69, 9.17) is 5.11 Å². The molecule has 3 aliphatic rings. The van der Waals surface area contributed by atoms with E-state index in [-0.39, 0.29) is 16.4 Å². The van der Waals surface area contributed by atoms with Crippen LogP contribution >= 0.6 is 0 Å². The standard InChI is InChI=1S/C27H31NO2/c1-25(2)11-12-26(3,4)22-14-19(6-8-21(22)25)27-10-9-17(23(27)15-27)13-20-7-5-18(16-28-20)24(29)30/h5-8,13-14,16,23H,9-12,15H2,1-4H3,(H,29,30)/b17-13+. The number of pyridine rings is 1. The molecule has 3 nitrogen and oxygen atoms in total. The molecule has 0 bridgehead atoms. The largest absolute Gasteiger partial charge is 0.478 e. The number of hydrogen-bond acceptors (Lipinski definition) is 2. The van der Waals surface area contributed by atoms with Gasteiger partial charge in [-0.05, 0) is 83.8 Å². The minimum absolute atomic E-state index is 0.240. The average molecular weight is 402 g/mol. The number of carboxylic acid groups (broad SMARTS) is 1. The number of rotatable bonds is 3. The molecular weight excluding hydrogens is 370 g/mol. The molecule has 1 aromatic carbocycles. The van der Waals surface area contributed by atoms with Gasteiger partial charge in [-0.2, -0.15) is 0 Å². The smallest absolute Gasteiger partial charge is 0.337 e. The van der Waals surface area contributed by atoms with E-state index in [0.717, 1.165) is 12.1 Å². The minimum Gasteiger partial charge on any atom is -0.478 e. The van der Waals surface area contributed by atoms with E-state index in [2.05, 4.69) is 57.0 Å². The maximum Gasteiger partial charge on any atom is 0.337 e. The molecule has 5 rings (SSSR count). The van der Waals surface area contributed by atoms with E-state index in [9.17, 15) is 4.79 Å². The van der Waals surface area contributed by atoms with Gasteiger partial charge in [0.2, 0.25) is 0 Å². The first-order valence-corrected chi connectivity index (χ1v) is 11.2. The van der Waals surface area contributed by atoms with Gasteiger partial charge in [0, 0.05) is 11.6 Å². The van der Waals surface area contributed by atoms with Gasteiger partial charge >= 0.3 is 5.97 Å². The SMILES string of the molecule is CC1(C)CCC(C)(C)c2cc(C34CC/C(=C\c5ccc(C(=O)O)cn5)C3C4)ccc21. The van der Waals surface area contributed by atoms with Crippen molar-refractivity contribution in [2.75, 3.05) is 0 Å². The summed E-state index contributed by atoms with van der Waals surface area (Å²) in [5.41, 5.74) is 8.01. The molecule has 2 fully saturated rings. The summed E-state index contributed by atoms with van der Waals surface area (Å²) < 4.78 is 0. The summed E-state index contributed by atoms with van der Waals surface area (Å²) in [6.45, 7) is 9.58. The van der Waals surface area contributed by atoms with Crippen LogP contribution in [0.2, 0.25) is 0 Å². The predicted octanol–water partition coefficient (Wildman–Crippen LogP) is 6.26. The van der Waals surface area contributed by atoms with Crippen molar-refractivity contribution in [2.24, 2.45) is 5.92 Å². The zero-order valence-corrected chi connectivity index (χ0v) is 18.5. The van der Waals surface area contributed by atoms with E-state index in [0.29, 0.717) is 11.3 Å². The summed E-state index contributed by atoms with van der Waals surface area (Å²) in [5.74, 6) is -0.321. The molecule has 2 saturated carbocycles. The molecule has 3 aliphatic carbocycles. The number of carbonyl (C=O) groups is 1. The molecule has 0 saturated heterocycles. The topological polar surface area (TPSA) is 50.2 Å². The molecule has 1 heterocycles. The van der Waals surface area contributed by atoms with Crippen LogP contribution in [0.1, 0.15) is 92.5 Å². The maximum atomic E-state index is 11.0. The highest BCUT2D eigenvalue weighted by atomic mass is 16.4. The second-order valence-electron chi connectivity index (χ2n) is 10.9. The van der Waals surface area contributed by atoms with Crippen molar-refractivity contribution >= 4 is 12.0 Å². The summed E-state index contributed by atoms with van der Waals surface area (Å²) in [4.78, 5) is 15.4. The fourth-order valence-electron chi connectivity index (χ4n) is 5.95. The van der Waals surface area contributed by atoms with Gasteiger partial charge in [-0.15, -0.1) is 0 Å². The average Bonchev–Trinajstić information content (AvgIpc) is 3.35. The summed E-state index contributed by atoms with van der Waals surface area (Å²) in [6.07, 6.45) is 9.69. The highest BCUT2D eigenvalue weighted by molar-refractivity contribution is 5.87. The van der Waals surface area contributed by atoms with Crippen molar-refractivity contribution in [1.29, 1.82) is 0 Å². The van der Waals surface area contributed by atoms with Crippen LogP contribution in [-0.4, -0.2) is 16.1 Å². The first-order chi connectivity index (χ1) is 14.1. The van der Waals surface area contributed by atoms with Crippen molar-refractivity contribution in [3.63, 3.8) is 0 Å². The number of hydrogen-bond donors (Lipinski definition) is 1. The molecule has 0 amide bonds. The predicted molar refractivity (Wildman–Crippen MR) is 120 cm³/mol. The molecule has 156 valence electrons. The Balaban J connectivity index is 1.44. The van der Waals surface area contributed by atoms with Crippen LogP contribution in [0.3, 0.4) is 0 Å². The lowest BCUT2D eigenvalue weighted by Crippen LogP contribution is -2.34. The third-order valence-corrected chi connectivity index (χ3v) is 8.18. The molecule has 30 heavy (non-hydrogen) atoms. The first kappa shape index (κ1) is 19.5. The molecule has 1 aromatic heterocycles. The number of aromatic carboxylic acids is 1. The van der Waals surface area contributed by atoms with Gasteiger partial charge in [0.1, 0.15) is 0 Å². The fraction of sp³-hybridized carbons (Fsp3) is 0.481. The van der Waals surface area contributed by atoms with Gasteiger partial charge in [-0.25, -0.2) is 4.79 Å². The van der Waals surface area contributed by atoms with Crippen LogP contribution in [0, 0.1) is 5.92 Å². The van der Waals surface area contributed by atoms with Crippen LogP contribution in [0.25, 0.3) is 6.08 Å². The number of benzene rings is 1. The van der Waals surface area contributed by atoms with Gasteiger partial charge in [0.15, 0.2) is 0 Å². The number of allylic oxidation sites excluding steroid dienone is 1. The number of nitrogens with zero attached hydrogens (tertiary/aromatic N) is 1. The van der Waals surface area contributed by atoms with Crippen LogP contribution in [0.15, 0.2) is 42.1 Å². The molecule has 2 atom stereocenters. The highest BCUT2D eigenvalue weighted by Crippen LogP contribution is 2.67. The van der Waals surface area contributed by atoms with Gasteiger partial charge in [-0.1, -0.05) is 51.5 Å². The summed E-state index contributed by atoms with van der Waals surface area (Å²) in [6, 6.07) is 10.8. The lowest BCUT2D eigenvalue weighted by Gasteiger charge is -2.42. The Hall–Kier alpha value is -2.42. The summed E-state index contributed by atoms with van der Waals surface area (Å²) in [7, 11) is 0. The number of aromatic nitrogens is 1. The zero-order chi connectivity index (χ0) is 21.3. The van der Waals surface area contributed by atoms with Crippen LogP contribution in [-0.2, 0) is 16.2 Å². The summed E-state index contributed by atoms with van der Waals surface area (Å²) >= 11 is 0. The molecule has 0 radical (unpaired) electrons. The quantitative estimate of drug-likeness (QED) is 0.660. The van der Waals surface area contributed by atoms with Crippen molar-refractivity contribution in [3.05, 3.63) is 70.0 Å². The monoisotopic (exact) mass is 401 g/mol. The van der Waals surface area contributed by atoms with Gasteiger partial charge < -0.3 is 5.11 Å². The van der Waals surface area contributed by atoms with Gasteiger partial charge in [0.25, 0.3) is 0 Å². The van der Waals surface area contributed by atoms with Crippen molar-refractivity contribution < 1.29 is 9.90 Å². The van der Waals surface area contributed by atoms with E-state index < -0.39 is 5.97 Å². The maximum absolute atomic E-state index is 11.0. The Labute approximate surface area is 179 Å². The van der Waals surface area contributed by atoms with E-state index >= 15 is 0 Å². The van der Waals surface area contributed by atoms with Gasteiger partial charge in [0.05, 0.1) is 11.3 Å². The Morgan fingerprint density at radius 1 is 1.03 bits per heavy atom. The van der Waals surface area contributed by atoms with E-state index in [1.54, 1.807) is 11.6 Å². The molecule has 3 heteroatoms. The lowest BCUT2D eigenvalue weighted by atomic mass is 9.62. The third-order valence-electron chi connectivity index (χ3n) is 8.18. The van der Waals surface area contributed by atoms with E-state index in [1.807, 2.05) is 6.07 Å². The normalized spacial score (nSPS) is 29.3. The van der Waals surface area contributed by atoms with Crippen LogP contribution in [0.5, 0.6) is 0 Å². The molecule has 2 aromatic rings. The second kappa shape index (κ2) is 6.29. The molecule has 2 unspecified atom stereocenters. The zero-order valence-electron chi connectivity index (χ0n) is 18.5. The summed E-state index contributed by atoms with van der Waals surface area (Å²) in [5, 5.41) is 9.07. The Morgan fingerprint density at radius 3 is 2.40 bits per heavy atom. The lowest BCUT2D eigenvalue weighted by molar-refractivity contribution is 0.0696. The van der Waals surface area contributed by atoms with E-state index in [1.165, 1.54) is 48.6 Å².